The first-order chi connectivity index (χ1) is 9.49. The fraction of sp³-hybridized carbons (Fsp3) is 0.0714. The lowest BCUT2D eigenvalue weighted by molar-refractivity contribution is 0.590. The summed E-state index contributed by atoms with van der Waals surface area (Å²) in [6.45, 7) is 1.68. The molecule has 2 N–H and O–H groups in total. The Balaban J connectivity index is 2.45. The van der Waals surface area contributed by atoms with Crippen LogP contribution in [0.15, 0.2) is 30.3 Å². The molecule has 2 aromatic carbocycles. The molecule has 1 heterocycles. The Morgan fingerprint density at radius 3 is 2.55 bits per heavy atom. The van der Waals surface area contributed by atoms with E-state index in [4.69, 9.17) is 5.73 Å². The van der Waals surface area contributed by atoms with Crippen LogP contribution >= 0.6 is 0 Å². The Hall–Kier alpha value is -2.50. The van der Waals surface area contributed by atoms with Gasteiger partial charge in [-0.25, -0.2) is 18.2 Å². The van der Waals surface area contributed by atoms with Crippen LogP contribution in [-0.4, -0.2) is 9.55 Å². The second-order valence-corrected chi connectivity index (χ2v) is 4.47. The number of hydrogen-bond acceptors (Lipinski definition) is 2. The first kappa shape index (κ1) is 12.5. The molecule has 102 valence electrons. The van der Waals surface area contributed by atoms with Gasteiger partial charge in [-0.05, 0) is 18.6 Å². The van der Waals surface area contributed by atoms with E-state index in [1.807, 2.05) is 0 Å². The first-order valence-corrected chi connectivity index (χ1v) is 5.87. The third-order valence-electron chi connectivity index (χ3n) is 3.12. The van der Waals surface area contributed by atoms with Crippen molar-refractivity contribution < 1.29 is 13.2 Å². The summed E-state index contributed by atoms with van der Waals surface area (Å²) in [4.78, 5) is 3.84. The van der Waals surface area contributed by atoms with E-state index in [1.165, 1.54) is 10.6 Å². The smallest absolute Gasteiger partial charge is 0.206 e. The Labute approximate surface area is 112 Å². The Bertz CT molecular complexity index is 804. The van der Waals surface area contributed by atoms with Gasteiger partial charge in [-0.2, -0.15) is 0 Å². The summed E-state index contributed by atoms with van der Waals surface area (Å²) in [5, 5.41) is 0. The summed E-state index contributed by atoms with van der Waals surface area (Å²) >= 11 is 0. The van der Waals surface area contributed by atoms with Crippen molar-refractivity contribution in [2.75, 3.05) is 5.73 Å². The van der Waals surface area contributed by atoms with Gasteiger partial charge in [0.25, 0.3) is 0 Å². The standard InChI is InChI=1S/C14H10F3N3/c1-7-3-2-4-9(16)13(7)20-11-6-8(15)5-10(17)12(11)19-14(20)18/h2-6H,1H3,(H2,18,19). The Kier molecular flexibility index (Phi) is 2.67. The molecule has 0 atom stereocenters. The molecule has 3 nitrogen and oxygen atoms in total. The van der Waals surface area contributed by atoms with Gasteiger partial charge in [0, 0.05) is 12.1 Å². The van der Waals surface area contributed by atoms with Crippen LogP contribution in [0.5, 0.6) is 0 Å². The number of nitrogen functional groups attached to an aromatic ring is 1. The van der Waals surface area contributed by atoms with Gasteiger partial charge in [-0.1, -0.05) is 12.1 Å². The predicted octanol–water partition coefficient (Wildman–Crippen LogP) is 3.33. The zero-order chi connectivity index (χ0) is 14.4. The number of para-hydroxylation sites is 1. The van der Waals surface area contributed by atoms with E-state index in [1.54, 1.807) is 19.1 Å². The van der Waals surface area contributed by atoms with E-state index in [0.717, 1.165) is 6.07 Å². The summed E-state index contributed by atoms with van der Waals surface area (Å²) in [5.41, 5.74) is 6.46. The number of halogens is 3. The van der Waals surface area contributed by atoms with E-state index in [9.17, 15) is 13.2 Å². The number of nitrogens with two attached hydrogens (primary N) is 1. The van der Waals surface area contributed by atoms with Crippen molar-refractivity contribution in [2.24, 2.45) is 0 Å². The maximum atomic E-state index is 14.0. The van der Waals surface area contributed by atoms with Crippen LogP contribution in [0, 0.1) is 24.4 Å². The number of nitrogens with zero attached hydrogens (tertiary/aromatic N) is 2. The Morgan fingerprint density at radius 2 is 1.85 bits per heavy atom. The molecule has 0 aliphatic rings. The van der Waals surface area contributed by atoms with E-state index in [2.05, 4.69) is 4.98 Å². The molecule has 0 spiro atoms. The number of benzene rings is 2. The SMILES string of the molecule is Cc1cccc(F)c1-n1c(N)nc2c(F)cc(F)cc21. The number of aromatic nitrogens is 2. The molecule has 0 radical (unpaired) electrons. The highest BCUT2D eigenvalue weighted by atomic mass is 19.1. The van der Waals surface area contributed by atoms with Crippen molar-refractivity contribution >= 4 is 17.0 Å². The molecular formula is C14H10F3N3. The molecule has 3 rings (SSSR count). The summed E-state index contributed by atoms with van der Waals surface area (Å²) in [6.07, 6.45) is 0. The molecule has 0 bridgehead atoms. The number of anilines is 1. The fourth-order valence-electron chi connectivity index (χ4n) is 2.26. The number of imidazole rings is 1. The van der Waals surface area contributed by atoms with Crippen LogP contribution in [0.25, 0.3) is 16.7 Å². The topological polar surface area (TPSA) is 43.8 Å². The Morgan fingerprint density at radius 1 is 1.10 bits per heavy atom. The number of aryl methyl sites for hydroxylation is 1. The molecule has 0 aliphatic carbocycles. The molecule has 3 aromatic rings. The number of fused-ring (bicyclic) bond motifs is 1. The summed E-state index contributed by atoms with van der Waals surface area (Å²) in [6, 6.07) is 6.27. The number of rotatable bonds is 1. The average Bonchev–Trinajstić information content (AvgIpc) is 2.67. The highest BCUT2D eigenvalue weighted by Crippen LogP contribution is 2.29. The lowest BCUT2D eigenvalue weighted by Crippen LogP contribution is -2.05. The second-order valence-electron chi connectivity index (χ2n) is 4.47. The molecule has 0 unspecified atom stereocenters. The van der Waals surface area contributed by atoms with Gasteiger partial charge < -0.3 is 5.73 Å². The normalized spacial score (nSPS) is 11.2. The molecule has 0 saturated heterocycles. The summed E-state index contributed by atoms with van der Waals surface area (Å²) in [5.74, 6) is -2.25. The first-order valence-electron chi connectivity index (χ1n) is 5.87. The average molecular weight is 277 g/mol. The molecule has 1 aromatic heterocycles. The highest BCUT2D eigenvalue weighted by molar-refractivity contribution is 5.82. The minimum atomic E-state index is -0.834. The zero-order valence-electron chi connectivity index (χ0n) is 10.5. The summed E-state index contributed by atoms with van der Waals surface area (Å²) in [7, 11) is 0. The van der Waals surface area contributed by atoms with Crippen molar-refractivity contribution in [3.8, 4) is 5.69 Å². The van der Waals surface area contributed by atoms with Gasteiger partial charge >= 0.3 is 0 Å². The zero-order valence-corrected chi connectivity index (χ0v) is 10.5. The predicted molar refractivity (Wildman–Crippen MR) is 70.1 cm³/mol. The molecular weight excluding hydrogens is 267 g/mol. The number of hydrogen-bond donors (Lipinski definition) is 1. The minimum Gasteiger partial charge on any atom is -0.369 e. The van der Waals surface area contributed by atoms with Crippen molar-refractivity contribution in [3.63, 3.8) is 0 Å². The molecule has 0 amide bonds. The van der Waals surface area contributed by atoms with Gasteiger partial charge in [0.1, 0.15) is 17.2 Å². The molecule has 6 heteroatoms. The van der Waals surface area contributed by atoms with Crippen LogP contribution in [0.3, 0.4) is 0 Å². The lowest BCUT2D eigenvalue weighted by atomic mass is 10.2. The second kappa shape index (κ2) is 4.26. The fourth-order valence-corrected chi connectivity index (χ4v) is 2.26. The molecule has 0 saturated carbocycles. The molecule has 0 aliphatic heterocycles. The van der Waals surface area contributed by atoms with E-state index in [0.29, 0.717) is 11.6 Å². The minimum absolute atomic E-state index is 0.0909. The molecule has 0 fully saturated rings. The molecule has 20 heavy (non-hydrogen) atoms. The summed E-state index contributed by atoms with van der Waals surface area (Å²) < 4.78 is 42.3. The van der Waals surface area contributed by atoms with Gasteiger partial charge in [-0.15, -0.1) is 0 Å². The van der Waals surface area contributed by atoms with E-state index >= 15 is 0 Å². The maximum Gasteiger partial charge on any atom is 0.206 e. The maximum absolute atomic E-state index is 14.0. The van der Waals surface area contributed by atoms with Gasteiger partial charge in [-0.3, -0.25) is 4.57 Å². The van der Waals surface area contributed by atoms with Crippen molar-refractivity contribution in [2.45, 2.75) is 6.92 Å². The van der Waals surface area contributed by atoms with Gasteiger partial charge in [0.2, 0.25) is 5.95 Å². The lowest BCUT2D eigenvalue weighted by Gasteiger charge is -2.11. The van der Waals surface area contributed by atoms with Crippen molar-refractivity contribution in [1.29, 1.82) is 0 Å². The van der Waals surface area contributed by atoms with E-state index < -0.39 is 17.5 Å². The van der Waals surface area contributed by atoms with Gasteiger partial charge in [0.05, 0.1) is 11.2 Å². The quantitative estimate of drug-likeness (QED) is 0.741. The highest BCUT2D eigenvalue weighted by Gasteiger charge is 2.18. The van der Waals surface area contributed by atoms with Crippen LogP contribution in [0.4, 0.5) is 19.1 Å². The van der Waals surface area contributed by atoms with Crippen molar-refractivity contribution in [1.82, 2.24) is 9.55 Å². The monoisotopic (exact) mass is 277 g/mol. The van der Waals surface area contributed by atoms with Crippen LogP contribution in [-0.2, 0) is 0 Å². The van der Waals surface area contributed by atoms with Crippen LogP contribution in [0.1, 0.15) is 5.56 Å². The van der Waals surface area contributed by atoms with Gasteiger partial charge in [0.15, 0.2) is 5.82 Å². The largest absolute Gasteiger partial charge is 0.369 e. The van der Waals surface area contributed by atoms with E-state index in [-0.39, 0.29) is 22.7 Å². The van der Waals surface area contributed by atoms with Crippen molar-refractivity contribution in [3.05, 3.63) is 53.3 Å². The third-order valence-corrected chi connectivity index (χ3v) is 3.12. The third kappa shape index (κ3) is 1.72. The van der Waals surface area contributed by atoms with Crippen LogP contribution < -0.4 is 5.73 Å². The van der Waals surface area contributed by atoms with Crippen LogP contribution in [0.2, 0.25) is 0 Å².